The van der Waals surface area contributed by atoms with Crippen LogP contribution in [-0.4, -0.2) is 35.7 Å². The Morgan fingerprint density at radius 2 is 1.48 bits per heavy atom. The van der Waals surface area contributed by atoms with Gasteiger partial charge in [0.05, 0.1) is 16.0 Å². The average molecular weight is 404 g/mol. The van der Waals surface area contributed by atoms with Crippen LogP contribution in [0.4, 0.5) is 0 Å². The normalized spacial score (nSPS) is 12.7. The van der Waals surface area contributed by atoms with Crippen LogP contribution in [0.5, 0.6) is 0 Å². The van der Waals surface area contributed by atoms with Crippen LogP contribution in [-0.2, 0) is 9.47 Å². The first-order valence-corrected chi connectivity index (χ1v) is 8.64. The zero-order valence-electron chi connectivity index (χ0n) is 13.4. The van der Waals surface area contributed by atoms with Crippen LogP contribution >= 0.6 is 15.9 Å². The number of halogens is 1. The van der Waals surface area contributed by atoms with Crippen molar-refractivity contribution < 1.29 is 19.1 Å². The highest BCUT2D eigenvalue weighted by atomic mass is 79.9. The van der Waals surface area contributed by atoms with Crippen LogP contribution in [0.3, 0.4) is 0 Å². The van der Waals surface area contributed by atoms with Crippen LogP contribution in [0.2, 0.25) is 0 Å². The number of carbonyl (C=O) groups is 2. The molecule has 0 spiro atoms. The molecule has 0 radical (unpaired) electrons. The van der Waals surface area contributed by atoms with E-state index in [0.717, 1.165) is 6.21 Å². The van der Waals surface area contributed by atoms with E-state index < -0.39 is 22.9 Å². The molecule has 0 saturated heterocycles. The highest BCUT2D eigenvalue weighted by Crippen LogP contribution is 2.16. The van der Waals surface area contributed by atoms with Crippen LogP contribution in [0.15, 0.2) is 60.7 Å². The predicted octanol–water partition coefficient (Wildman–Crippen LogP) is 3.87. The van der Waals surface area contributed by atoms with Crippen molar-refractivity contribution in [3.8, 4) is 0 Å². The van der Waals surface area contributed by atoms with Gasteiger partial charge in [0.1, 0.15) is 12.7 Å². The van der Waals surface area contributed by atoms with Gasteiger partial charge in [-0.25, -0.2) is 9.59 Å². The monoisotopic (exact) mass is 403 g/mol. The molecule has 2 rings (SSSR count). The Kier molecular flexibility index (Phi) is 7.35. The summed E-state index contributed by atoms with van der Waals surface area (Å²) in [6, 6.07) is 17.3. The molecule has 25 heavy (non-hydrogen) atoms. The summed E-state index contributed by atoms with van der Waals surface area (Å²) in [6.45, 7) is 0.0221. The number of nitrogens with one attached hydrogen (secondary N) is 1. The summed E-state index contributed by atoms with van der Waals surface area (Å²) in [5.74, 6) is -0.931. The minimum atomic E-state index is -0.617. The summed E-state index contributed by atoms with van der Waals surface area (Å²) >= 11 is 3.39. The summed E-state index contributed by atoms with van der Waals surface area (Å²) in [5.41, 5.74) is 0.880. The molecule has 0 bridgehead atoms. The molecular formula is C19H18BrNO4. The number of hydrogen-bond acceptors (Lipinski definition) is 5. The van der Waals surface area contributed by atoms with E-state index >= 15 is 0 Å². The number of benzene rings is 2. The van der Waals surface area contributed by atoms with Crippen LogP contribution < -0.4 is 0 Å². The van der Waals surface area contributed by atoms with E-state index in [0.29, 0.717) is 11.1 Å². The molecule has 0 unspecified atom stereocenters. The van der Waals surface area contributed by atoms with Gasteiger partial charge >= 0.3 is 11.9 Å². The molecule has 0 saturated carbocycles. The fourth-order valence-electron chi connectivity index (χ4n) is 2.09. The zero-order valence-corrected chi connectivity index (χ0v) is 15.0. The van der Waals surface area contributed by atoms with E-state index in [1.165, 1.54) is 0 Å². The molecule has 0 aliphatic carbocycles. The van der Waals surface area contributed by atoms with Crippen molar-refractivity contribution >= 4 is 34.1 Å². The summed E-state index contributed by atoms with van der Waals surface area (Å²) in [6.07, 6.45) is 0.766. The van der Waals surface area contributed by atoms with Gasteiger partial charge in [0.15, 0.2) is 0 Å². The predicted molar refractivity (Wildman–Crippen MR) is 98.5 cm³/mol. The quantitative estimate of drug-likeness (QED) is 0.412. The first kappa shape index (κ1) is 18.9. The minimum absolute atomic E-state index is 0.0221. The van der Waals surface area contributed by atoms with Gasteiger partial charge < -0.3 is 14.9 Å². The van der Waals surface area contributed by atoms with Crippen molar-refractivity contribution in [3.05, 3.63) is 71.8 Å². The first-order chi connectivity index (χ1) is 12.1. The third-order valence-electron chi connectivity index (χ3n) is 3.40. The summed E-state index contributed by atoms with van der Waals surface area (Å²) < 4.78 is 10.7. The number of hydrogen-bond donors (Lipinski definition) is 1. The van der Waals surface area contributed by atoms with Crippen LogP contribution in [0.1, 0.15) is 27.1 Å². The van der Waals surface area contributed by atoms with E-state index in [1.807, 2.05) is 12.1 Å². The number of alkyl halides is 1. The van der Waals surface area contributed by atoms with E-state index in [4.69, 9.17) is 14.9 Å². The molecular weight excluding hydrogens is 386 g/mol. The Morgan fingerprint density at radius 3 is 2.00 bits per heavy atom. The molecule has 2 aromatic carbocycles. The summed E-state index contributed by atoms with van der Waals surface area (Å²) in [5, 5.41) is 7.28. The van der Waals surface area contributed by atoms with Gasteiger partial charge in [-0.3, -0.25) is 0 Å². The molecule has 130 valence electrons. The molecule has 0 fully saturated rings. The Balaban J connectivity index is 1.93. The second kappa shape index (κ2) is 9.74. The summed E-state index contributed by atoms with van der Waals surface area (Å²) in [4.78, 5) is 23.7. The molecule has 2 aromatic rings. The lowest BCUT2D eigenvalue weighted by atomic mass is 10.2. The molecule has 0 aliphatic rings. The lowest BCUT2D eigenvalue weighted by molar-refractivity contribution is 0.0232. The second-order valence-electron chi connectivity index (χ2n) is 5.23. The molecule has 5 nitrogen and oxygen atoms in total. The topological polar surface area (TPSA) is 76.4 Å². The molecule has 0 heterocycles. The van der Waals surface area contributed by atoms with Gasteiger partial charge in [-0.1, -0.05) is 52.3 Å². The highest BCUT2D eigenvalue weighted by molar-refractivity contribution is 9.09. The van der Waals surface area contributed by atoms with Gasteiger partial charge in [-0.15, -0.1) is 0 Å². The number of esters is 2. The van der Waals surface area contributed by atoms with Gasteiger partial charge in [0.2, 0.25) is 0 Å². The minimum Gasteiger partial charge on any atom is -0.461 e. The smallest absolute Gasteiger partial charge is 0.338 e. The lowest BCUT2D eigenvalue weighted by Gasteiger charge is -2.21. The number of ether oxygens (including phenoxy) is 2. The third-order valence-corrected chi connectivity index (χ3v) is 4.26. The van der Waals surface area contributed by atoms with E-state index in [1.54, 1.807) is 48.5 Å². The molecule has 1 N–H and O–H groups in total. The molecule has 0 aliphatic heterocycles. The van der Waals surface area contributed by atoms with E-state index in [-0.39, 0.29) is 13.0 Å². The van der Waals surface area contributed by atoms with Crippen LogP contribution in [0, 0.1) is 5.41 Å². The fourth-order valence-corrected chi connectivity index (χ4v) is 2.54. The largest absolute Gasteiger partial charge is 0.461 e. The third kappa shape index (κ3) is 5.83. The molecule has 0 amide bonds. The maximum atomic E-state index is 12.2. The fraction of sp³-hybridized carbons (Fsp3) is 0.211. The van der Waals surface area contributed by atoms with Crippen molar-refractivity contribution in [3.63, 3.8) is 0 Å². The maximum Gasteiger partial charge on any atom is 0.338 e. The lowest BCUT2D eigenvalue weighted by Crippen LogP contribution is -2.32. The molecule has 0 aromatic heterocycles. The maximum absolute atomic E-state index is 12.2. The zero-order chi connectivity index (χ0) is 18.1. The molecule has 6 heteroatoms. The average Bonchev–Trinajstić information content (AvgIpc) is 2.66. The Labute approximate surface area is 154 Å². The Bertz CT molecular complexity index is 706. The standard InChI is InChI=1S/C19H18BrNO4/c20-16(13-24-18(22)14-7-3-1-4-8-14)17(11-12-21)25-19(23)15-9-5-2-6-10-15/h1-10,12,16-17,21H,11,13H2/t16-,17-/m0/s1. The van der Waals surface area contributed by atoms with E-state index in [9.17, 15) is 9.59 Å². The van der Waals surface area contributed by atoms with E-state index in [2.05, 4.69) is 15.9 Å². The Morgan fingerprint density at radius 1 is 0.960 bits per heavy atom. The van der Waals surface area contributed by atoms with Gasteiger partial charge in [-0.2, -0.15) is 0 Å². The van der Waals surface area contributed by atoms with Gasteiger partial charge in [-0.05, 0) is 30.5 Å². The number of carbonyl (C=O) groups excluding carboxylic acids is 2. The highest BCUT2D eigenvalue weighted by Gasteiger charge is 2.24. The second-order valence-corrected chi connectivity index (χ2v) is 6.41. The van der Waals surface area contributed by atoms with Gasteiger partial charge in [0, 0.05) is 6.42 Å². The van der Waals surface area contributed by atoms with Crippen molar-refractivity contribution in [1.82, 2.24) is 0 Å². The van der Waals surface area contributed by atoms with Crippen LogP contribution in [0.25, 0.3) is 0 Å². The van der Waals surface area contributed by atoms with Gasteiger partial charge in [0.25, 0.3) is 0 Å². The van der Waals surface area contributed by atoms with Crippen molar-refractivity contribution in [2.75, 3.05) is 6.61 Å². The van der Waals surface area contributed by atoms with Crippen molar-refractivity contribution in [2.24, 2.45) is 0 Å². The summed E-state index contributed by atoms with van der Waals surface area (Å²) in [7, 11) is 0. The number of rotatable bonds is 8. The Hall–Kier alpha value is -2.47. The molecule has 2 atom stereocenters. The first-order valence-electron chi connectivity index (χ1n) is 7.73. The SMILES string of the molecule is N=CC[C@H](OC(=O)c1ccccc1)[C@@H](Br)COC(=O)c1ccccc1. The van der Waals surface area contributed by atoms with Crippen molar-refractivity contribution in [1.29, 1.82) is 5.41 Å². The van der Waals surface area contributed by atoms with Crippen molar-refractivity contribution in [2.45, 2.75) is 17.4 Å².